The molecule has 0 saturated carbocycles. The SMILES string of the molecule is Cc1cc(C)n(CC=CCN)n1. The minimum absolute atomic E-state index is 0.597. The molecule has 0 amide bonds. The predicted molar refractivity (Wildman–Crippen MR) is 49.9 cm³/mol. The second-order valence-electron chi connectivity index (χ2n) is 2.82. The number of allylic oxidation sites excluding steroid dienone is 1. The summed E-state index contributed by atoms with van der Waals surface area (Å²) in [5.41, 5.74) is 7.57. The predicted octanol–water partition coefficient (Wildman–Crippen LogP) is 1.01. The molecular formula is C9H15N3. The third kappa shape index (κ3) is 2.20. The van der Waals surface area contributed by atoms with Gasteiger partial charge in [-0.3, -0.25) is 4.68 Å². The minimum atomic E-state index is 0.597. The van der Waals surface area contributed by atoms with Gasteiger partial charge >= 0.3 is 0 Å². The molecule has 1 aromatic heterocycles. The monoisotopic (exact) mass is 165 g/mol. The molecule has 1 heterocycles. The van der Waals surface area contributed by atoms with E-state index in [1.54, 1.807) is 0 Å². The molecule has 0 radical (unpaired) electrons. The van der Waals surface area contributed by atoms with Gasteiger partial charge in [0.05, 0.1) is 12.2 Å². The molecule has 0 spiro atoms. The van der Waals surface area contributed by atoms with Crippen molar-refractivity contribution in [3.8, 4) is 0 Å². The summed E-state index contributed by atoms with van der Waals surface area (Å²) in [6.45, 7) is 5.46. The lowest BCUT2D eigenvalue weighted by atomic mass is 10.4. The van der Waals surface area contributed by atoms with Crippen molar-refractivity contribution >= 4 is 0 Å². The maximum absolute atomic E-state index is 5.32. The van der Waals surface area contributed by atoms with Gasteiger partial charge in [0.25, 0.3) is 0 Å². The fourth-order valence-electron chi connectivity index (χ4n) is 1.13. The minimum Gasteiger partial charge on any atom is -0.327 e. The maximum Gasteiger partial charge on any atom is 0.0596 e. The lowest BCUT2D eigenvalue weighted by Gasteiger charge is -1.97. The summed E-state index contributed by atoms with van der Waals surface area (Å²) in [4.78, 5) is 0. The average Bonchev–Trinajstić information content (AvgIpc) is 2.31. The van der Waals surface area contributed by atoms with Crippen LogP contribution in [0.4, 0.5) is 0 Å². The zero-order chi connectivity index (χ0) is 8.97. The van der Waals surface area contributed by atoms with Gasteiger partial charge < -0.3 is 5.73 Å². The molecule has 3 nitrogen and oxygen atoms in total. The van der Waals surface area contributed by atoms with Gasteiger partial charge in [0.2, 0.25) is 0 Å². The van der Waals surface area contributed by atoms with Crippen molar-refractivity contribution < 1.29 is 0 Å². The van der Waals surface area contributed by atoms with Crippen molar-refractivity contribution in [3.05, 3.63) is 29.6 Å². The largest absolute Gasteiger partial charge is 0.327 e. The van der Waals surface area contributed by atoms with E-state index in [0.29, 0.717) is 6.54 Å². The normalized spacial score (nSPS) is 11.2. The Labute approximate surface area is 72.9 Å². The number of nitrogens with zero attached hydrogens (tertiary/aromatic N) is 2. The summed E-state index contributed by atoms with van der Waals surface area (Å²) < 4.78 is 1.96. The van der Waals surface area contributed by atoms with Crippen molar-refractivity contribution in [2.45, 2.75) is 20.4 Å². The summed E-state index contributed by atoms with van der Waals surface area (Å²) in [5.74, 6) is 0. The van der Waals surface area contributed by atoms with Crippen LogP contribution in [0, 0.1) is 13.8 Å². The number of nitrogens with two attached hydrogens (primary N) is 1. The van der Waals surface area contributed by atoms with Crippen LogP contribution in [0.25, 0.3) is 0 Å². The van der Waals surface area contributed by atoms with Crippen LogP contribution in [0.15, 0.2) is 18.2 Å². The third-order valence-corrected chi connectivity index (χ3v) is 1.68. The lowest BCUT2D eigenvalue weighted by Crippen LogP contribution is -2.01. The van der Waals surface area contributed by atoms with Gasteiger partial charge in [-0.05, 0) is 19.9 Å². The highest BCUT2D eigenvalue weighted by molar-refractivity contribution is 5.07. The average molecular weight is 165 g/mol. The zero-order valence-corrected chi connectivity index (χ0v) is 7.62. The van der Waals surface area contributed by atoms with Gasteiger partial charge in [-0.15, -0.1) is 0 Å². The van der Waals surface area contributed by atoms with E-state index in [0.717, 1.165) is 12.2 Å². The summed E-state index contributed by atoms with van der Waals surface area (Å²) in [7, 11) is 0. The molecule has 1 rings (SSSR count). The second-order valence-corrected chi connectivity index (χ2v) is 2.82. The Morgan fingerprint density at radius 2 is 2.25 bits per heavy atom. The van der Waals surface area contributed by atoms with Gasteiger partial charge in [0, 0.05) is 12.2 Å². The van der Waals surface area contributed by atoms with Crippen molar-refractivity contribution in [2.75, 3.05) is 6.54 Å². The first-order valence-corrected chi connectivity index (χ1v) is 4.10. The molecule has 0 bridgehead atoms. The molecule has 12 heavy (non-hydrogen) atoms. The highest BCUT2D eigenvalue weighted by Gasteiger charge is 1.96. The standard InChI is InChI=1S/C9H15N3/c1-8-7-9(2)12(11-8)6-4-3-5-10/h3-4,7H,5-6,10H2,1-2H3. The first-order valence-electron chi connectivity index (χ1n) is 4.10. The quantitative estimate of drug-likeness (QED) is 0.679. The molecule has 0 saturated heterocycles. The highest BCUT2D eigenvalue weighted by Crippen LogP contribution is 2.00. The Bertz CT molecular complexity index is 273. The molecule has 0 atom stereocenters. The summed E-state index contributed by atoms with van der Waals surface area (Å²) in [6.07, 6.45) is 3.97. The van der Waals surface area contributed by atoms with Crippen LogP contribution in [0.3, 0.4) is 0 Å². The molecule has 0 aliphatic carbocycles. The van der Waals surface area contributed by atoms with E-state index in [1.165, 1.54) is 5.69 Å². The van der Waals surface area contributed by atoms with Crippen molar-refractivity contribution in [3.63, 3.8) is 0 Å². The van der Waals surface area contributed by atoms with E-state index >= 15 is 0 Å². The van der Waals surface area contributed by atoms with Crippen molar-refractivity contribution in [1.82, 2.24) is 9.78 Å². The first-order chi connectivity index (χ1) is 5.74. The molecule has 3 heteroatoms. The van der Waals surface area contributed by atoms with Gasteiger partial charge in [-0.2, -0.15) is 5.10 Å². The van der Waals surface area contributed by atoms with Gasteiger partial charge in [0.1, 0.15) is 0 Å². The van der Waals surface area contributed by atoms with E-state index in [2.05, 4.69) is 18.1 Å². The van der Waals surface area contributed by atoms with Gasteiger partial charge in [0.15, 0.2) is 0 Å². The molecule has 0 aliphatic rings. The van der Waals surface area contributed by atoms with E-state index in [9.17, 15) is 0 Å². The molecule has 2 N–H and O–H groups in total. The smallest absolute Gasteiger partial charge is 0.0596 e. The Hall–Kier alpha value is -1.09. The number of hydrogen-bond acceptors (Lipinski definition) is 2. The van der Waals surface area contributed by atoms with Crippen LogP contribution in [0.1, 0.15) is 11.4 Å². The third-order valence-electron chi connectivity index (χ3n) is 1.68. The highest BCUT2D eigenvalue weighted by atomic mass is 15.3. The summed E-state index contributed by atoms with van der Waals surface area (Å²) in [6, 6.07) is 2.07. The molecule has 0 fully saturated rings. The van der Waals surface area contributed by atoms with Crippen LogP contribution in [0.2, 0.25) is 0 Å². The van der Waals surface area contributed by atoms with E-state index in [4.69, 9.17) is 5.73 Å². The van der Waals surface area contributed by atoms with Crippen LogP contribution < -0.4 is 5.73 Å². The van der Waals surface area contributed by atoms with Gasteiger partial charge in [-0.1, -0.05) is 12.2 Å². The second kappa shape index (κ2) is 4.07. The fourth-order valence-corrected chi connectivity index (χ4v) is 1.13. The van der Waals surface area contributed by atoms with Crippen LogP contribution in [0.5, 0.6) is 0 Å². The van der Waals surface area contributed by atoms with Crippen LogP contribution >= 0.6 is 0 Å². The number of aromatic nitrogens is 2. The number of hydrogen-bond donors (Lipinski definition) is 1. The van der Waals surface area contributed by atoms with Crippen LogP contribution in [-0.4, -0.2) is 16.3 Å². The molecular weight excluding hydrogens is 150 g/mol. The Morgan fingerprint density at radius 1 is 1.50 bits per heavy atom. The van der Waals surface area contributed by atoms with Crippen LogP contribution in [-0.2, 0) is 6.54 Å². The van der Waals surface area contributed by atoms with Gasteiger partial charge in [-0.25, -0.2) is 0 Å². The molecule has 0 aliphatic heterocycles. The zero-order valence-electron chi connectivity index (χ0n) is 7.62. The van der Waals surface area contributed by atoms with Crippen molar-refractivity contribution in [2.24, 2.45) is 5.73 Å². The molecule has 1 aromatic rings. The maximum atomic E-state index is 5.32. The summed E-state index contributed by atoms with van der Waals surface area (Å²) >= 11 is 0. The topological polar surface area (TPSA) is 43.8 Å². The van der Waals surface area contributed by atoms with E-state index < -0.39 is 0 Å². The molecule has 0 unspecified atom stereocenters. The number of rotatable bonds is 3. The van der Waals surface area contributed by atoms with E-state index in [1.807, 2.05) is 23.8 Å². The van der Waals surface area contributed by atoms with E-state index in [-0.39, 0.29) is 0 Å². The Balaban J connectivity index is 2.62. The summed E-state index contributed by atoms with van der Waals surface area (Å²) in [5, 5.41) is 4.31. The fraction of sp³-hybridized carbons (Fsp3) is 0.444. The molecule has 0 aromatic carbocycles. The van der Waals surface area contributed by atoms with Crippen molar-refractivity contribution in [1.29, 1.82) is 0 Å². The Kier molecular flexibility index (Phi) is 3.05. The molecule has 66 valence electrons. The first kappa shape index (κ1) is 9.00. The lowest BCUT2D eigenvalue weighted by molar-refractivity contribution is 0.671. The Morgan fingerprint density at radius 3 is 2.75 bits per heavy atom. The number of aryl methyl sites for hydroxylation is 2.